The summed E-state index contributed by atoms with van der Waals surface area (Å²) in [7, 11) is 1.70. The zero-order chi connectivity index (χ0) is 14.2. The molecule has 106 valence electrons. The number of rotatable bonds is 7. The Morgan fingerprint density at radius 3 is 2.80 bits per heavy atom. The number of aromatic nitrogens is 2. The average Bonchev–Trinajstić information content (AvgIpc) is 2.44. The molecule has 5 nitrogen and oxygen atoms in total. The third-order valence-electron chi connectivity index (χ3n) is 2.79. The van der Waals surface area contributed by atoms with Gasteiger partial charge in [-0.05, 0) is 31.0 Å². The van der Waals surface area contributed by atoms with Crippen LogP contribution in [0.25, 0.3) is 0 Å². The maximum atomic E-state index is 5.01. The number of aryl methyl sites for hydroxylation is 1. The highest BCUT2D eigenvalue weighted by atomic mass is 16.5. The number of hydrogen-bond acceptors (Lipinski definition) is 5. The van der Waals surface area contributed by atoms with Gasteiger partial charge in [-0.15, -0.1) is 0 Å². The molecule has 0 radical (unpaired) electrons. The first-order chi connectivity index (χ1) is 9.78. The van der Waals surface area contributed by atoms with Gasteiger partial charge in [-0.2, -0.15) is 0 Å². The van der Waals surface area contributed by atoms with Crippen LogP contribution >= 0.6 is 0 Å². The van der Waals surface area contributed by atoms with E-state index in [1.807, 2.05) is 18.2 Å². The lowest BCUT2D eigenvalue weighted by Crippen LogP contribution is -2.06. The zero-order valence-electron chi connectivity index (χ0n) is 11.9. The lowest BCUT2D eigenvalue weighted by molar-refractivity contribution is 0.198. The number of nitrogens with one attached hydrogen (secondary N) is 2. The van der Waals surface area contributed by atoms with E-state index in [0.717, 1.165) is 36.9 Å². The second-order valence-electron chi connectivity index (χ2n) is 4.56. The molecule has 1 heterocycles. The van der Waals surface area contributed by atoms with Gasteiger partial charge in [-0.1, -0.05) is 12.1 Å². The minimum atomic E-state index is 0.743. The predicted octanol–water partition coefficient (Wildman–Crippen LogP) is 2.98. The van der Waals surface area contributed by atoms with E-state index in [9.17, 15) is 0 Å². The Morgan fingerprint density at radius 1 is 1.15 bits per heavy atom. The Morgan fingerprint density at radius 2 is 2.00 bits per heavy atom. The second kappa shape index (κ2) is 7.45. The number of ether oxygens (including phenoxy) is 1. The fraction of sp³-hybridized carbons (Fsp3) is 0.333. The molecule has 0 atom stereocenters. The van der Waals surface area contributed by atoms with Crippen LogP contribution in [-0.4, -0.2) is 30.2 Å². The highest BCUT2D eigenvalue weighted by Crippen LogP contribution is 2.17. The molecular formula is C15H20N4O. The topological polar surface area (TPSA) is 59.1 Å². The van der Waals surface area contributed by atoms with Gasteiger partial charge in [0.1, 0.15) is 18.0 Å². The van der Waals surface area contributed by atoms with E-state index in [0.29, 0.717) is 0 Å². The van der Waals surface area contributed by atoms with Crippen LogP contribution in [0.2, 0.25) is 0 Å². The first-order valence-corrected chi connectivity index (χ1v) is 6.66. The van der Waals surface area contributed by atoms with E-state index in [1.165, 1.54) is 5.56 Å². The van der Waals surface area contributed by atoms with Crippen LogP contribution in [0.3, 0.4) is 0 Å². The summed E-state index contributed by atoms with van der Waals surface area (Å²) in [6, 6.07) is 10.1. The van der Waals surface area contributed by atoms with Crippen molar-refractivity contribution in [1.82, 2.24) is 9.97 Å². The molecular weight excluding hydrogens is 252 g/mol. The lowest BCUT2D eigenvalue weighted by Gasteiger charge is -2.09. The van der Waals surface area contributed by atoms with Crippen molar-refractivity contribution in [3.8, 4) is 0 Å². The molecule has 2 aromatic rings. The molecule has 0 fully saturated rings. The Balaban J connectivity index is 1.95. The van der Waals surface area contributed by atoms with Crippen LogP contribution in [-0.2, 0) is 4.74 Å². The fourth-order valence-corrected chi connectivity index (χ4v) is 1.83. The number of anilines is 3. The van der Waals surface area contributed by atoms with Crippen molar-refractivity contribution in [1.29, 1.82) is 0 Å². The van der Waals surface area contributed by atoms with Gasteiger partial charge in [0.2, 0.25) is 0 Å². The second-order valence-corrected chi connectivity index (χ2v) is 4.56. The van der Waals surface area contributed by atoms with Crippen molar-refractivity contribution < 1.29 is 4.74 Å². The molecule has 1 aromatic heterocycles. The summed E-state index contributed by atoms with van der Waals surface area (Å²) in [6.45, 7) is 3.63. The van der Waals surface area contributed by atoms with Gasteiger partial charge in [0.25, 0.3) is 0 Å². The Kier molecular flexibility index (Phi) is 5.32. The predicted molar refractivity (Wildman–Crippen MR) is 81.5 cm³/mol. The van der Waals surface area contributed by atoms with E-state index < -0.39 is 0 Å². The summed E-state index contributed by atoms with van der Waals surface area (Å²) < 4.78 is 5.01. The minimum absolute atomic E-state index is 0.743. The van der Waals surface area contributed by atoms with Crippen molar-refractivity contribution in [3.63, 3.8) is 0 Å². The Hall–Kier alpha value is -2.14. The summed E-state index contributed by atoms with van der Waals surface area (Å²) in [5.41, 5.74) is 2.23. The molecule has 0 spiro atoms. The van der Waals surface area contributed by atoms with Gasteiger partial charge in [0.05, 0.1) is 0 Å². The fourth-order valence-electron chi connectivity index (χ4n) is 1.83. The molecule has 0 aliphatic rings. The zero-order valence-corrected chi connectivity index (χ0v) is 11.9. The summed E-state index contributed by atoms with van der Waals surface area (Å²) in [5.74, 6) is 1.59. The van der Waals surface area contributed by atoms with Gasteiger partial charge in [-0.3, -0.25) is 0 Å². The smallest absolute Gasteiger partial charge is 0.135 e. The molecule has 2 N–H and O–H groups in total. The van der Waals surface area contributed by atoms with E-state index >= 15 is 0 Å². The standard InChI is InChI=1S/C15H20N4O/c1-12-5-3-6-13(9-12)19-15-10-14(17-11-18-15)16-7-4-8-20-2/h3,5-6,9-11H,4,7-8H2,1-2H3,(H2,16,17,18,19). The van der Waals surface area contributed by atoms with Crippen molar-refractivity contribution >= 4 is 17.3 Å². The molecule has 0 amide bonds. The average molecular weight is 272 g/mol. The molecule has 1 aromatic carbocycles. The third kappa shape index (κ3) is 4.51. The minimum Gasteiger partial charge on any atom is -0.385 e. The van der Waals surface area contributed by atoms with Crippen molar-refractivity contribution in [2.75, 3.05) is 30.9 Å². The quantitative estimate of drug-likeness (QED) is 0.759. The molecule has 0 aliphatic heterocycles. The summed E-state index contributed by atoms with van der Waals surface area (Å²) in [4.78, 5) is 8.42. The largest absolute Gasteiger partial charge is 0.385 e. The van der Waals surface area contributed by atoms with E-state index in [1.54, 1.807) is 13.4 Å². The molecule has 5 heteroatoms. The maximum absolute atomic E-state index is 5.01. The van der Waals surface area contributed by atoms with Crippen molar-refractivity contribution in [2.24, 2.45) is 0 Å². The Labute approximate surface area is 119 Å². The van der Waals surface area contributed by atoms with Gasteiger partial charge < -0.3 is 15.4 Å². The normalized spacial score (nSPS) is 10.3. The third-order valence-corrected chi connectivity index (χ3v) is 2.79. The van der Waals surface area contributed by atoms with Crippen molar-refractivity contribution in [3.05, 3.63) is 42.2 Å². The number of benzene rings is 1. The van der Waals surface area contributed by atoms with E-state index in [4.69, 9.17) is 4.74 Å². The molecule has 2 rings (SSSR count). The molecule has 0 bridgehead atoms. The van der Waals surface area contributed by atoms with Crippen LogP contribution < -0.4 is 10.6 Å². The van der Waals surface area contributed by atoms with Crippen LogP contribution in [0.5, 0.6) is 0 Å². The van der Waals surface area contributed by atoms with Crippen LogP contribution in [0.4, 0.5) is 17.3 Å². The number of nitrogens with zero attached hydrogens (tertiary/aromatic N) is 2. The molecule has 0 saturated heterocycles. The van der Waals surface area contributed by atoms with Crippen LogP contribution in [0.1, 0.15) is 12.0 Å². The number of methoxy groups -OCH3 is 1. The van der Waals surface area contributed by atoms with Crippen LogP contribution in [0, 0.1) is 6.92 Å². The molecule has 0 saturated carbocycles. The van der Waals surface area contributed by atoms with Gasteiger partial charge >= 0.3 is 0 Å². The monoisotopic (exact) mass is 272 g/mol. The van der Waals surface area contributed by atoms with E-state index in [2.05, 4.69) is 39.7 Å². The Bertz CT molecular complexity index is 545. The maximum Gasteiger partial charge on any atom is 0.135 e. The van der Waals surface area contributed by atoms with Gasteiger partial charge in [0, 0.05) is 32.0 Å². The summed E-state index contributed by atoms with van der Waals surface area (Å²) >= 11 is 0. The van der Waals surface area contributed by atoms with Crippen molar-refractivity contribution in [2.45, 2.75) is 13.3 Å². The molecule has 0 unspecified atom stereocenters. The van der Waals surface area contributed by atoms with Gasteiger partial charge in [-0.25, -0.2) is 9.97 Å². The van der Waals surface area contributed by atoms with E-state index in [-0.39, 0.29) is 0 Å². The highest BCUT2D eigenvalue weighted by molar-refractivity contribution is 5.59. The van der Waals surface area contributed by atoms with Crippen LogP contribution in [0.15, 0.2) is 36.7 Å². The highest BCUT2D eigenvalue weighted by Gasteiger charge is 1.99. The lowest BCUT2D eigenvalue weighted by atomic mass is 10.2. The van der Waals surface area contributed by atoms with Gasteiger partial charge in [0.15, 0.2) is 0 Å². The summed E-state index contributed by atoms with van der Waals surface area (Å²) in [6.07, 6.45) is 2.50. The molecule has 20 heavy (non-hydrogen) atoms. The molecule has 0 aliphatic carbocycles. The number of hydrogen-bond donors (Lipinski definition) is 2. The first kappa shape index (κ1) is 14.3. The first-order valence-electron chi connectivity index (χ1n) is 6.66. The SMILES string of the molecule is COCCCNc1cc(Nc2cccc(C)c2)ncn1. The summed E-state index contributed by atoms with van der Waals surface area (Å²) in [5, 5.41) is 6.52.